The van der Waals surface area contributed by atoms with Gasteiger partial charge < -0.3 is 10.2 Å². The average molecular weight is 285 g/mol. The topological polar surface area (TPSA) is 28.2 Å². The highest BCUT2D eigenvalue weighted by molar-refractivity contribution is 7.99. The Balaban J connectivity index is 1.85. The minimum atomic E-state index is 0.678. The number of thiazole rings is 1. The zero-order valence-corrected chi connectivity index (χ0v) is 13.1. The molecule has 1 aromatic rings. The van der Waals surface area contributed by atoms with Crippen molar-refractivity contribution in [2.45, 2.75) is 32.9 Å². The van der Waals surface area contributed by atoms with E-state index >= 15 is 0 Å². The first-order chi connectivity index (χ1) is 8.66. The zero-order valence-electron chi connectivity index (χ0n) is 11.5. The van der Waals surface area contributed by atoms with Crippen molar-refractivity contribution in [1.82, 2.24) is 10.3 Å². The molecule has 1 aliphatic heterocycles. The van der Waals surface area contributed by atoms with Gasteiger partial charge in [0.05, 0.1) is 5.69 Å². The fourth-order valence-corrected chi connectivity index (χ4v) is 4.14. The number of nitrogens with zero attached hydrogens (tertiary/aromatic N) is 2. The quantitative estimate of drug-likeness (QED) is 0.870. The average Bonchev–Trinajstić information content (AvgIpc) is 2.99. The summed E-state index contributed by atoms with van der Waals surface area (Å²) in [6, 6.07) is 0.678. The monoisotopic (exact) mass is 285 g/mol. The molecular formula is C13H23N3S2. The lowest BCUT2D eigenvalue weighted by Gasteiger charge is -2.22. The van der Waals surface area contributed by atoms with Crippen LogP contribution in [0.3, 0.4) is 0 Å². The highest BCUT2D eigenvalue weighted by Gasteiger charge is 2.22. The van der Waals surface area contributed by atoms with Crippen molar-refractivity contribution >= 4 is 28.2 Å². The van der Waals surface area contributed by atoms with Gasteiger partial charge >= 0.3 is 0 Å². The molecule has 3 nitrogen and oxygen atoms in total. The van der Waals surface area contributed by atoms with Crippen LogP contribution in [0.4, 0.5) is 5.13 Å². The van der Waals surface area contributed by atoms with E-state index in [9.17, 15) is 0 Å². The van der Waals surface area contributed by atoms with E-state index in [1.807, 2.05) is 0 Å². The first-order valence-electron chi connectivity index (χ1n) is 6.62. The summed E-state index contributed by atoms with van der Waals surface area (Å²) in [6.45, 7) is 6.40. The second-order valence-corrected chi connectivity index (χ2v) is 7.26. The molecule has 1 atom stereocenters. The van der Waals surface area contributed by atoms with Gasteiger partial charge in [-0.3, -0.25) is 0 Å². The van der Waals surface area contributed by atoms with Crippen molar-refractivity contribution < 1.29 is 0 Å². The lowest BCUT2D eigenvalue weighted by atomic mass is 10.2. The fourth-order valence-electron chi connectivity index (χ4n) is 2.01. The Hall–Kier alpha value is -0.260. The van der Waals surface area contributed by atoms with E-state index in [2.05, 4.69) is 48.3 Å². The third kappa shape index (κ3) is 3.87. The predicted molar refractivity (Wildman–Crippen MR) is 82.8 cm³/mol. The van der Waals surface area contributed by atoms with Crippen LogP contribution in [0.2, 0.25) is 0 Å². The SMILES string of the molecule is CC(C)CNCc1csc(N(C)C2CCSC2)n1. The van der Waals surface area contributed by atoms with Crippen LogP contribution in [0.25, 0.3) is 0 Å². The lowest BCUT2D eigenvalue weighted by molar-refractivity contribution is 0.549. The van der Waals surface area contributed by atoms with E-state index in [1.165, 1.54) is 28.8 Å². The molecule has 1 fully saturated rings. The summed E-state index contributed by atoms with van der Waals surface area (Å²) in [5.74, 6) is 3.24. The highest BCUT2D eigenvalue weighted by atomic mass is 32.2. The Morgan fingerprint density at radius 2 is 2.39 bits per heavy atom. The molecule has 0 bridgehead atoms. The Kier molecular flexibility index (Phi) is 5.33. The molecule has 2 rings (SSSR count). The minimum Gasteiger partial charge on any atom is -0.347 e. The van der Waals surface area contributed by atoms with Crippen LogP contribution in [0.1, 0.15) is 26.0 Å². The van der Waals surface area contributed by atoms with Gasteiger partial charge in [-0.2, -0.15) is 11.8 Å². The summed E-state index contributed by atoms with van der Waals surface area (Å²) in [7, 11) is 2.18. The minimum absolute atomic E-state index is 0.678. The maximum atomic E-state index is 4.72. The molecule has 5 heteroatoms. The molecule has 1 aliphatic rings. The highest BCUT2D eigenvalue weighted by Crippen LogP contribution is 2.28. The number of hydrogen-bond acceptors (Lipinski definition) is 5. The van der Waals surface area contributed by atoms with Crippen LogP contribution < -0.4 is 10.2 Å². The maximum absolute atomic E-state index is 4.72. The molecule has 1 aromatic heterocycles. The molecule has 1 N–H and O–H groups in total. The van der Waals surface area contributed by atoms with Gasteiger partial charge in [0.2, 0.25) is 0 Å². The number of thioether (sulfide) groups is 1. The largest absolute Gasteiger partial charge is 0.347 e. The summed E-state index contributed by atoms with van der Waals surface area (Å²) in [5.41, 5.74) is 1.17. The van der Waals surface area contributed by atoms with Crippen LogP contribution in [-0.4, -0.2) is 36.1 Å². The number of rotatable bonds is 6. The molecule has 1 unspecified atom stereocenters. The molecule has 0 saturated carbocycles. The van der Waals surface area contributed by atoms with Crippen molar-refractivity contribution in [3.63, 3.8) is 0 Å². The van der Waals surface area contributed by atoms with Crippen LogP contribution in [0, 0.1) is 5.92 Å². The van der Waals surface area contributed by atoms with Crippen molar-refractivity contribution in [2.75, 3.05) is 30.0 Å². The van der Waals surface area contributed by atoms with E-state index < -0.39 is 0 Å². The normalized spacial score (nSPS) is 19.7. The van der Waals surface area contributed by atoms with E-state index in [4.69, 9.17) is 4.98 Å². The third-order valence-corrected chi connectivity index (χ3v) is 5.28. The number of hydrogen-bond donors (Lipinski definition) is 1. The van der Waals surface area contributed by atoms with Crippen molar-refractivity contribution in [3.05, 3.63) is 11.1 Å². The first kappa shape index (κ1) is 14.2. The van der Waals surface area contributed by atoms with E-state index in [0.29, 0.717) is 12.0 Å². The van der Waals surface area contributed by atoms with E-state index in [1.54, 1.807) is 11.3 Å². The third-order valence-electron chi connectivity index (χ3n) is 3.15. The maximum Gasteiger partial charge on any atom is 0.185 e. The van der Waals surface area contributed by atoms with E-state index in [-0.39, 0.29) is 0 Å². The van der Waals surface area contributed by atoms with Gasteiger partial charge in [-0.1, -0.05) is 13.8 Å². The van der Waals surface area contributed by atoms with Crippen molar-refractivity contribution in [3.8, 4) is 0 Å². The molecule has 1 saturated heterocycles. The van der Waals surface area contributed by atoms with Crippen LogP contribution >= 0.6 is 23.1 Å². The standard InChI is InChI=1S/C13H23N3S2/c1-10(2)6-14-7-11-8-18-13(15-11)16(3)12-4-5-17-9-12/h8,10,12,14H,4-7,9H2,1-3H3. The van der Waals surface area contributed by atoms with Gasteiger partial charge in [0.25, 0.3) is 0 Å². The van der Waals surface area contributed by atoms with Gasteiger partial charge in [0.1, 0.15) is 0 Å². The van der Waals surface area contributed by atoms with Gasteiger partial charge in [-0.05, 0) is 24.6 Å². The van der Waals surface area contributed by atoms with Crippen LogP contribution in [0.5, 0.6) is 0 Å². The van der Waals surface area contributed by atoms with Crippen molar-refractivity contribution in [2.24, 2.45) is 5.92 Å². The van der Waals surface area contributed by atoms with Crippen molar-refractivity contribution in [1.29, 1.82) is 0 Å². The summed E-state index contributed by atoms with van der Waals surface area (Å²) in [6.07, 6.45) is 1.29. The molecular weight excluding hydrogens is 262 g/mol. The molecule has 18 heavy (non-hydrogen) atoms. The number of aromatic nitrogens is 1. The van der Waals surface area contributed by atoms with Gasteiger partial charge in [0, 0.05) is 30.8 Å². The van der Waals surface area contributed by atoms with Crippen LogP contribution in [0.15, 0.2) is 5.38 Å². The van der Waals surface area contributed by atoms with Crippen LogP contribution in [-0.2, 0) is 6.54 Å². The Labute approximate surface area is 118 Å². The molecule has 0 aromatic carbocycles. The Bertz CT molecular complexity index is 359. The zero-order chi connectivity index (χ0) is 13.0. The summed E-state index contributed by atoms with van der Waals surface area (Å²) in [5, 5.41) is 6.80. The van der Waals surface area contributed by atoms with Gasteiger partial charge in [0.15, 0.2) is 5.13 Å². The van der Waals surface area contributed by atoms with Gasteiger partial charge in [-0.25, -0.2) is 4.98 Å². The molecule has 0 spiro atoms. The summed E-state index contributed by atoms with van der Waals surface area (Å²) in [4.78, 5) is 7.08. The summed E-state index contributed by atoms with van der Waals surface area (Å²) < 4.78 is 0. The fraction of sp³-hybridized carbons (Fsp3) is 0.769. The molecule has 0 amide bonds. The Morgan fingerprint density at radius 3 is 3.06 bits per heavy atom. The molecule has 0 aliphatic carbocycles. The molecule has 102 valence electrons. The molecule has 0 radical (unpaired) electrons. The second-order valence-electron chi connectivity index (χ2n) is 5.27. The predicted octanol–water partition coefficient (Wildman–Crippen LogP) is 2.83. The lowest BCUT2D eigenvalue weighted by Crippen LogP contribution is -2.31. The smallest absolute Gasteiger partial charge is 0.185 e. The second kappa shape index (κ2) is 6.78. The first-order valence-corrected chi connectivity index (χ1v) is 8.66. The Morgan fingerprint density at radius 1 is 1.56 bits per heavy atom. The van der Waals surface area contributed by atoms with E-state index in [0.717, 1.165) is 13.1 Å². The number of anilines is 1. The summed E-state index contributed by atoms with van der Waals surface area (Å²) >= 11 is 3.82. The molecule has 2 heterocycles. The van der Waals surface area contributed by atoms with Gasteiger partial charge in [-0.15, -0.1) is 11.3 Å². The number of nitrogens with one attached hydrogen (secondary N) is 1.